The molecule has 5 atom stereocenters. The summed E-state index contributed by atoms with van der Waals surface area (Å²) in [4.78, 5) is 77.2. The molecule has 2 aliphatic heterocycles. The quantitative estimate of drug-likeness (QED) is 0.0697. The molecule has 3 N–H and O–H groups in total. The van der Waals surface area contributed by atoms with Crippen LogP contribution in [-0.2, 0) is 40.0 Å². The molecule has 2 heterocycles. The van der Waals surface area contributed by atoms with Crippen LogP contribution in [0.2, 0.25) is 0 Å². The van der Waals surface area contributed by atoms with Gasteiger partial charge in [0.1, 0.15) is 29.7 Å². The van der Waals surface area contributed by atoms with Crippen LogP contribution in [0.3, 0.4) is 0 Å². The van der Waals surface area contributed by atoms with Crippen LogP contribution < -0.4 is 10.6 Å². The highest BCUT2D eigenvalue weighted by Gasteiger charge is 2.58. The van der Waals surface area contributed by atoms with Crippen molar-refractivity contribution in [2.45, 2.75) is 87.9 Å². The topological polar surface area (TPSA) is 204 Å². The summed E-state index contributed by atoms with van der Waals surface area (Å²) in [7, 11) is 0. The summed E-state index contributed by atoms with van der Waals surface area (Å²) >= 11 is 1.21. The first-order valence-corrected chi connectivity index (χ1v) is 18.4. The molecule has 3 unspecified atom stereocenters. The smallest absolute Gasteiger partial charge is 0.408 e. The largest absolute Gasteiger partial charge is 0.459 e. The highest BCUT2D eigenvalue weighted by molar-refractivity contribution is 8.00. The summed E-state index contributed by atoms with van der Waals surface area (Å²) in [5.41, 5.74) is 0.963. The van der Waals surface area contributed by atoms with Crippen LogP contribution in [0, 0.1) is 10.1 Å². The van der Waals surface area contributed by atoms with Crippen LogP contribution in [0.1, 0.15) is 62.8 Å². The Bertz CT molecular complexity index is 1780. The average molecular weight is 763 g/mol. The second kappa shape index (κ2) is 17.6. The van der Waals surface area contributed by atoms with Crippen molar-refractivity contribution in [1.82, 2.24) is 15.5 Å². The van der Waals surface area contributed by atoms with Crippen LogP contribution in [0.5, 0.6) is 0 Å². The van der Waals surface area contributed by atoms with E-state index in [0.29, 0.717) is 5.56 Å². The molecule has 0 saturated carbocycles. The van der Waals surface area contributed by atoms with Gasteiger partial charge in [0.2, 0.25) is 11.8 Å². The number of nitrogens with one attached hydrogen (secondary N) is 2. The van der Waals surface area contributed by atoms with Gasteiger partial charge in [-0.15, -0.1) is 11.8 Å². The molecule has 3 amide bonds. The number of amides is 3. The number of nitrogens with zero attached hydrogens (tertiary/aromatic N) is 2. The predicted octanol–water partition coefficient (Wildman–Crippen LogP) is 4.16. The number of aliphatic hydroxyl groups is 1. The lowest BCUT2D eigenvalue weighted by molar-refractivity contribution is -0.384. The standard InChI is InChI=1S/C38H42N4O11S/c1-38(2,3)53-37(48)39-27(35(46)52-32(24-11-6-4-7-12-24)25-13-8-5-9-14-25)15-10-16-29(44)40-30-33(45)41-31(28(43)22-54-34(30)41)36(47)51-21-23-17-19-26(20-18-23)42(49)50/h4-9,11-14,17-20,27-28,30-32,34,43H,10,15-16,21-22H2,1-3H3,(H,39,48)(H,40,44)/t27?,28?,30-,31?,34-/m1/s1. The van der Waals surface area contributed by atoms with Crippen molar-refractivity contribution in [3.05, 3.63) is 112 Å². The minimum absolute atomic E-state index is 0.0135. The van der Waals surface area contributed by atoms with Crippen molar-refractivity contribution >= 4 is 47.3 Å². The van der Waals surface area contributed by atoms with Gasteiger partial charge in [-0.1, -0.05) is 60.7 Å². The van der Waals surface area contributed by atoms with E-state index in [1.807, 2.05) is 60.7 Å². The fourth-order valence-corrected chi connectivity index (χ4v) is 7.33. The van der Waals surface area contributed by atoms with Crippen molar-refractivity contribution in [1.29, 1.82) is 0 Å². The molecule has 15 nitrogen and oxygen atoms in total. The molecule has 5 rings (SSSR count). The molecule has 0 spiro atoms. The Balaban J connectivity index is 1.17. The lowest BCUT2D eigenvalue weighted by Gasteiger charge is -2.53. The SMILES string of the molecule is CC(C)(C)OC(=O)NC(CCCC(=O)N[C@@H]1C(=O)N2C(C(=O)OCc3ccc([N+](=O)[O-])cc3)C(O)CS[C@H]12)C(=O)OC(c1ccccc1)c1ccccc1. The molecule has 286 valence electrons. The molecule has 3 aromatic rings. The van der Waals surface area contributed by atoms with Crippen molar-refractivity contribution in [2.75, 3.05) is 5.75 Å². The maximum absolute atomic E-state index is 13.7. The molecule has 2 fully saturated rings. The minimum atomic E-state index is -1.30. The molecule has 2 aliphatic rings. The number of rotatable bonds is 14. The molecule has 0 radical (unpaired) electrons. The number of hydrogen-bond acceptors (Lipinski definition) is 12. The number of ether oxygens (including phenoxy) is 3. The van der Waals surface area contributed by atoms with E-state index in [-0.39, 0.29) is 37.3 Å². The number of carbonyl (C=O) groups excluding carboxylic acids is 5. The molecule has 0 aliphatic carbocycles. The van der Waals surface area contributed by atoms with E-state index in [2.05, 4.69) is 10.6 Å². The number of fused-ring (bicyclic) bond motifs is 1. The number of thioether (sulfide) groups is 1. The zero-order chi connectivity index (χ0) is 39.0. The van der Waals surface area contributed by atoms with Gasteiger partial charge >= 0.3 is 18.0 Å². The Hall–Kier alpha value is -5.48. The lowest BCUT2D eigenvalue weighted by atomic mass is 9.99. The van der Waals surface area contributed by atoms with Gasteiger partial charge in [-0.3, -0.25) is 19.7 Å². The van der Waals surface area contributed by atoms with Crippen molar-refractivity contribution < 1.29 is 48.2 Å². The lowest BCUT2D eigenvalue weighted by Crippen LogP contribution is -2.76. The summed E-state index contributed by atoms with van der Waals surface area (Å²) in [5.74, 6) is -2.54. The van der Waals surface area contributed by atoms with Crippen molar-refractivity contribution in [2.24, 2.45) is 0 Å². The van der Waals surface area contributed by atoms with E-state index in [9.17, 15) is 39.2 Å². The Morgan fingerprint density at radius 2 is 1.59 bits per heavy atom. The molecular formula is C38H42N4O11S. The van der Waals surface area contributed by atoms with Gasteiger partial charge in [0.25, 0.3) is 5.69 Å². The summed E-state index contributed by atoms with van der Waals surface area (Å²) in [6.07, 6.45) is -2.78. The number of β-lactam (4-membered cyclic amide) rings is 1. The number of alkyl carbamates (subject to hydrolysis) is 1. The average Bonchev–Trinajstić information content (AvgIpc) is 3.14. The maximum atomic E-state index is 13.7. The molecule has 16 heteroatoms. The summed E-state index contributed by atoms with van der Waals surface area (Å²) in [5, 5.41) is 26.2. The Labute approximate surface area is 315 Å². The number of carbonyl (C=O) groups is 5. The third-order valence-electron chi connectivity index (χ3n) is 8.58. The molecule has 54 heavy (non-hydrogen) atoms. The van der Waals surface area contributed by atoms with E-state index >= 15 is 0 Å². The molecule has 0 bridgehead atoms. The van der Waals surface area contributed by atoms with Crippen LogP contribution in [0.15, 0.2) is 84.9 Å². The second-order valence-corrected chi connectivity index (χ2v) is 14.9. The third kappa shape index (κ3) is 10.1. The first-order chi connectivity index (χ1) is 25.7. The van der Waals surface area contributed by atoms with Gasteiger partial charge in [0.05, 0.1) is 11.0 Å². The van der Waals surface area contributed by atoms with Gasteiger partial charge in [-0.25, -0.2) is 14.4 Å². The zero-order valence-corrected chi connectivity index (χ0v) is 30.7. The maximum Gasteiger partial charge on any atom is 0.408 e. The highest BCUT2D eigenvalue weighted by Crippen LogP contribution is 2.39. The van der Waals surface area contributed by atoms with E-state index < -0.39 is 76.1 Å². The van der Waals surface area contributed by atoms with E-state index in [1.165, 1.54) is 40.9 Å². The first-order valence-electron chi connectivity index (χ1n) is 17.3. The number of esters is 2. The summed E-state index contributed by atoms with van der Waals surface area (Å²) in [6, 6.07) is 20.3. The highest BCUT2D eigenvalue weighted by atomic mass is 32.2. The van der Waals surface area contributed by atoms with Crippen LogP contribution >= 0.6 is 11.8 Å². The third-order valence-corrected chi connectivity index (χ3v) is 9.95. The van der Waals surface area contributed by atoms with Gasteiger partial charge in [-0.05, 0) is 62.4 Å². The van der Waals surface area contributed by atoms with E-state index in [1.54, 1.807) is 20.8 Å². The number of hydrogen-bond donors (Lipinski definition) is 3. The second-order valence-electron chi connectivity index (χ2n) is 13.8. The van der Waals surface area contributed by atoms with Crippen LogP contribution in [-0.4, -0.2) is 85.7 Å². The van der Waals surface area contributed by atoms with Gasteiger partial charge < -0.3 is 34.9 Å². The summed E-state index contributed by atoms with van der Waals surface area (Å²) in [6.45, 7) is 4.83. The number of nitro groups is 1. The van der Waals surface area contributed by atoms with Gasteiger partial charge in [0, 0.05) is 24.3 Å². The molecule has 0 aromatic heterocycles. The number of nitro benzene ring substituents is 1. The Kier molecular flexibility index (Phi) is 12.9. The predicted molar refractivity (Wildman–Crippen MR) is 196 cm³/mol. The van der Waals surface area contributed by atoms with Crippen LogP contribution in [0.25, 0.3) is 0 Å². The first kappa shape index (κ1) is 39.7. The minimum Gasteiger partial charge on any atom is -0.459 e. The summed E-state index contributed by atoms with van der Waals surface area (Å²) < 4.78 is 16.7. The number of non-ortho nitro benzene ring substituents is 1. The molecular weight excluding hydrogens is 721 g/mol. The monoisotopic (exact) mass is 762 g/mol. The van der Waals surface area contributed by atoms with E-state index in [4.69, 9.17) is 14.2 Å². The van der Waals surface area contributed by atoms with Crippen molar-refractivity contribution in [3.63, 3.8) is 0 Å². The van der Waals surface area contributed by atoms with Gasteiger partial charge in [-0.2, -0.15) is 0 Å². The number of aliphatic hydroxyl groups excluding tert-OH is 1. The van der Waals surface area contributed by atoms with Gasteiger partial charge in [0.15, 0.2) is 12.1 Å². The Morgan fingerprint density at radius 3 is 2.17 bits per heavy atom. The van der Waals surface area contributed by atoms with Crippen LogP contribution in [0.4, 0.5) is 10.5 Å². The normalized spacial score (nSPS) is 19.8. The fourth-order valence-electron chi connectivity index (χ4n) is 5.98. The fraction of sp³-hybridized carbons (Fsp3) is 0.395. The molecule has 2 saturated heterocycles. The zero-order valence-electron chi connectivity index (χ0n) is 29.9. The van der Waals surface area contributed by atoms with E-state index in [0.717, 1.165) is 11.1 Å². The Morgan fingerprint density at radius 1 is 0.981 bits per heavy atom. The molecule has 3 aromatic carbocycles. The number of benzene rings is 3. The van der Waals surface area contributed by atoms with Crippen molar-refractivity contribution in [3.8, 4) is 0 Å².